The zero-order valence-corrected chi connectivity index (χ0v) is 15.6. The minimum absolute atomic E-state index is 0.0261. The fraction of sp³-hybridized carbons (Fsp3) is 0.412. The van der Waals surface area contributed by atoms with E-state index in [0.29, 0.717) is 18.9 Å². The molecule has 0 bridgehead atoms. The first kappa shape index (κ1) is 17.9. The molecule has 0 spiro atoms. The zero-order chi connectivity index (χ0) is 17.9. The Morgan fingerprint density at radius 2 is 2.04 bits per heavy atom. The van der Waals surface area contributed by atoms with Gasteiger partial charge in [-0.1, -0.05) is 23.7 Å². The van der Waals surface area contributed by atoms with Crippen molar-refractivity contribution in [3.8, 4) is 0 Å². The predicted molar refractivity (Wildman–Crippen MR) is 101 cm³/mol. The first-order chi connectivity index (χ1) is 11.9. The van der Waals surface area contributed by atoms with Crippen LogP contribution in [0, 0.1) is 0 Å². The van der Waals surface area contributed by atoms with Crippen LogP contribution in [0.2, 0.25) is 5.02 Å². The molecule has 0 amide bonds. The van der Waals surface area contributed by atoms with Crippen LogP contribution in [0.4, 0.5) is 11.8 Å². The summed E-state index contributed by atoms with van der Waals surface area (Å²) in [5, 5.41) is 3.94. The molecule has 1 N–H and O–H groups in total. The second kappa shape index (κ2) is 7.58. The van der Waals surface area contributed by atoms with Gasteiger partial charge in [-0.15, -0.1) is 0 Å². The second-order valence-electron chi connectivity index (χ2n) is 6.21. The molecule has 8 heteroatoms. The van der Waals surface area contributed by atoms with E-state index >= 15 is 0 Å². The van der Waals surface area contributed by atoms with Gasteiger partial charge in [0.05, 0.1) is 11.5 Å². The maximum atomic E-state index is 11.7. The van der Waals surface area contributed by atoms with Crippen molar-refractivity contribution in [1.82, 2.24) is 9.97 Å². The van der Waals surface area contributed by atoms with Crippen molar-refractivity contribution in [3.05, 3.63) is 47.1 Å². The molecule has 3 rings (SSSR count). The number of halogens is 1. The number of hydrogen-bond donors (Lipinski definition) is 1. The first-order valence-electron chi connectivity index (χ1n) is 8.17. The Labute approximate surface area is 153 Å². The van der Waals surface area contributed by atoms with Gasteiger partial charge < -0.3 is 10.2 Å². The van der Waals surface area contributed by atoms with Gasteiger partial charge in [0.15, 0.2) is 9.84 Å². The number of nitrogens with zero attached hydrogens (tertiary/aromatic N) is 3. The third kappa shape index (κ3) is 4.83. The largest absolute Gasteiger partial charge is 0.355 e. The summed E-state index contributed by atoms with van der Waals surface area (Å²) in [6, 6.07) is 9.51. The molecule has 1 saturated heterocycles. The van der Waals surface area contributed by atoms with Crippen LogP contribution in [0.15, 0.2) is 36.5 Å². The second-order valence-corrected chi connectivity index (χ2v) is 8.87. The molecule has 2 heterocycles. The van der Waals surface area contributed by atoms with E-state index in [4.69, 9.17) is 11.6 Å². The summed E-state index contributed by atoms with van der Waals surface area (Å²) >= 11 is 5.88. The van der Waals surface area contributed by atoms with Crippen LogP contribution < -0.4 is 10.2 Å². The van der Waals surface area contributed by atoms with Crippen LogP contribution >= 0.6 is 11.6 Å². The molecule has 1 aliphatic heterocycles. The van der Waals surface area contributed by atoms with Crippen LogP contribution in [0.1, 0.15) is 12.0 Å². The van der Waals surface area contributed by atoms with Crippen LogP contribution in [0.25, 0.3) is 0 Å². The highest BCUT2D eigenvalue weighted by Crippen LogP contribution is 2.21. The van der Waals surface area contributed by atoms with Gasteiger partial charge in [0, 0.05) is 30.9 Å². The Bertz CT molecular complexity index is 827. The summed E-state index contributed by atoms with van der Waals surface area (Å²) in [7, 11) is -1.04. The number of rotatable bonds is 6. The number of nitrogens with one attached hydrogen (secondary N) is 1. The van der Waals surface area contributed by atoms with Gasteiger partial charge in [0.25, 0.3) is 0 Å². The SMILES string of the molecule is CN(c1ccnc(NCCc2ccc(Cl)cc2)n1)C1CCS(=O)(=O)C1. The van der Waals surface area contributed by atoms with E-state index in [0.717, 1.165) is 17.3 Å². The van der Waals surface area contributed by atoms with Crippen molar-refractivity contribution < 1.29 is 8.42 Å². The summed E-state index contributed by atoms with van der Waals surface area (Å²) in [5.74, 6) is 1.71. The Balaban J connectivity index is 1.58. The lowest BCUT2D eigenvalue weighted by Crippen LogP contribution is -2.33. The van der Waals surface area contributed by atoms with Gasteiger partial charge in [0.1, 0.15) is 5.82 Å². The van der Waals surface area contributed by atoms with Gasteiger partial charge >= 0.3 is 0 Å². The number of anilines is 2. The highest BCUT2D eigenvalue weighted by molar-refractivity contribution is 7.91. The van der Waals surface area contributed by atoms with Gasteiger partial charge in [0.2, 0.25) is 5.95 Å². The van der Waals surface area contributed by atoms with Gasteiger partial charge in [-0.25, -0.2) is 13.4 Å². The average Bonchev–Trinajstić information content (AvgIpc) is 2.96. The summed E-state index contributed by atoms with van der Waals surface area (Å²) in [6.07, 6.45) is 3.16. The van der Waals surface area contributed by atoms with Gasteiger partial charge in [-0.3, -0.25) is 0 Å². The zero-order valence-electron chi connectivity index (χ0n) is 14.0. The highest BCUT2D eigenvalue weighted by Gasteiger charge is 2.31. The third-order valence-electron chi connectivity index (χ3n) is 4.37. The van der Waals surface area contributed by atoms with Crippen molar-refractivity contribution in [1.29, 1.82) is 0 Å². The maximum Gasteiger partial charge on any atom is 0.224 e. The van der Waals surface area contributed by atoms with Gasteiger partial charge in [-0.2, -0.15) is 4.98 Å². The van der Waals surface area contributed by atoms with Crippen molar-refractivity contribution in [2.45, 2.75) is 18.9 Å². The van der Waals surface area contributed by atoms with Crippen molar-refractivity contribution in [3.63, 3.8) is 0 Å². The van der Waals surface area contributed by atoms with E-state index in [-0.39, 0.29) is 17.5 Å². The van der Waals surface area contributed by atoms with E-state index in [1.807, 2.05) is 36.2 Å². The number of sulfone groups is 1. The summed E-state index contributed by atoms with van der Waals surface area (Å²) in [4.78, 5) is 10.7. The fourth-order valence-electron chi connectivity index (χ4n) is 2.87. The lowest BCUT2D eigenvalue weighted by Gasteiger charge is -2.24. The smallest absolute Gasteiger partial charge is 0.224 e. The molecule has 1 atom stereocenters. The summed E-state index contributed by atoms with van der Waals surface area (Å²) in [5.41, 5.74) is 1.18. The van der Waals surface area contributed by atoms with Crippen LogP contribution in [0.5, 0.6) is 0 Å². The lowest BCUT2D eigenvalue weighted by molar-refractivity contribution is 0.600. The molecule has 25 heavy (non-hydrogen) atoms. The van der Waals surface area contributed by atoms with Crippen LogP contribution in [-0.4, -0.2) is 49.5 Å². The molecule has 2 aromatic rings. The van der Waals surface area contributed by atoms with Crippen molar-refractivity contribution in [2.24, 2.45) is 0 Å². The Kier molecular flexibility index (Phi) is 5.44. The molecule has 0 radical (unpaired) electrons. The molecule has 0 saturated carbocycles. The molecule has 1 unspecified atom stereocenters. The third-order valence-corrected chi connectivity index (χ3v) is 6.37. The molecule has 1 aromatic heterocycles. The normalized spacial score (nSPS) is 18.9. The van der Waals surface area contributed by atoms with Crippen LogP contribution in [-0.2, 0) is 16.3 Å². The van der Waals surface area contributed by atoms with E-state index in [2.05, 4.69) is 15.3 Å². The van der Waals surface area contributed by atoms with Crippen molar-refractivity contribution >= 4 is 33.2 Å². The molecule has 1 aliphatic rings. The molecule has 1 aromatic carbocycles. The minimum Gasteiger partial charge on any atom is -0.355 e. The quantitative estimate of drug-likeness (QED) is 0.829. The Hall–Kier alpha value is -1.86. The monoisotopic (exact) mass is 380 g/mol. The first-order valence-corrected chi connectivity index (χ1v) is 10.4. The summed E-state index contributed by atoms with van der Waals surface area (Å²) < 4.78 is 23.3. The fourth-order valence-corrected chi connectivity index (χ4v) is 4.77. The van der Waals surface area contributed by atoms with E-state index in [9.17, 15) is 8.42 Å². The Morgan fingerprint density at radius 3 is 2.72 bits per heavy atom. The standard InChI is InChI=1S/C17H21ClN4O2S/c1-22(15-8-11-25(23,24)12-15)16-7-10-20-17(21-16)19-9-6-13-2-4-14(18)5-3-13/h2-5,7,10,15H,6,8-9,11-12H2,1H3,(H,19,20,21). The predicted octanol–water partition coefficient (Wildman–Crippen LogP) is 2.41. The average molecular weight is 381 g/mol. The maximum absolute atomic E-state index is 11.7. The van der Waals surface area contributed by atoms with E-state index in [1.54, 1.807) is 12.3 Å². The van der Waals surface area contributed by atoms with Crippen molar-refractivity contribution in [2.75, 3.05) is 35.3 Å². The molecule has 6 nitrogen and oxygen atoms in total. The molecular weight excluding hydrogens is 360 g/mol. The molecular formula is C17H21ClN4O2S. The van der Waals surface area contributed by atoms with E-state index in [1.165, 1.54) is 5.56 Å². The van der Waals surface area contributed by atoms with Gasteiger partial charge in [-0.05, 0) is 36.6 Å². The minimum atomic E-state index is -2.92. The molecule has 1 fully saturated rings. The highest BCUT2D eigenvalue weighted by atomic mass is 35.5. The Morgan fingerprint density at radius 1 is 1.28 bits per heavy atom. The topological polar surface area (TPSA) is 75.2 Å². The number of hydrogen-bond acceptors (Lipinski definition) is 6. The van der Waals surface area contributed by atoms with Crippen LogP contribution in [0.3, 0.4) is 0 Å². The van der Waals surface area contributed by atoms with E-state index < -0.39 is 9.84 Å². The molecule has 134 valence electrons. The number of aromatic nitrogens is 2. The summed E-state index contributed by atoms with van der Waals surface area (Å²) in [6.45, 7) is 0.701. The number of benzene rings is 1. The lowest BCUT2D eigenvalue weighted by atomic mass is 10.1. The molecule has 0 aliphatic carbocycles.